The normalized spacial score (nSPS) is 10.7. The third-order valence-electron chi connectivity index (χ3n) is 2.16. The summed E-state index contributed by atoms with van der Waals surface area (Å²) in [7, 11) is 1.88. The van der Waals surface area contributed by atoms with Gasteiger partial charge in [0.05, 0.1) is 0 Å². The van der Waals surface area contributed by atoms with E-state index in [0.717, 1.165) is 5.82 Å². The second-order valence-corrected chi connectivity index (χ2v) is 4.70. The molecule has 0 unspecified atom stereocenters. The first-order valence-corrected chi connectivity index (χ1v) is 6.49. The lowest BCUT2D eigenvalue weighted by Crippen LogP contribution is -2.04. The summed E-state index contributed by atoms with van der Waals surface area (Å²) in [6.45, 7) is 4.55. The van der Waals surface area contributed by atoms with Crippen LogP contribution in [0.2, 0.25) is 5.28 Å². The van der Waals surface area contributed by atoms with Gasteiger partial charge in [-0.15, -0.1) is 10.2 Å². The van der Waals surface area contributed by atoms with Crippen molar-refractivity contribution in [2.24, 2.45) is 7.05 Å². The van der Waals surface area contributed by atoms with Gasteiger partial charge < -0.3 is 9.88 Å². The number of nitrogens with one attached hydrogen (secondary N) is 1. The molecule has 2 heterocycles. The smallest absolute Gasteiger partial charge is 0.228 e. The maximum atomic E-state index is 5.84. The van der Waals surface area contributed by atoms with E-state index in [1.807, 2.05) is 25.5 Å². The van der Waals surface area contributed by atoms with Gasteiger partial charge in [0.25, 0.3) is 0 Å². The lowest BCUT2D eigenvalue weighted by atomic mass is 10.7. The highest BCUT2D eigenvalue weighted by Crippen LogP contribution is 2.24. The second kappa shape index (κ2) is 5.49. The lowest BCUT2D eigenvalue weighted by Gasteiger charge is -2.04. The molecule has 18 heavy (non-hydrogen) atoms. The van der Waals surface area contributed by atoms with Crippen molar-refractivity contribution >= 4 is 29.3 Å². The molecular weight excluding hydrogens is 274 g/mol. The molecule has 7 nitrogen and oxygen atoms in total. The fraction of sp³-hybridized carbons (Fsp3) is 0.444. The van der Waals surface area contributed by atoms with E-state index in [0.29, 0.717) is 22.8 Å². The fourth-order valence-electron chi connectivity index (χ4n) is 1.17. The van der Waals surface area contributed by atoms with Gasteiger partial charge in [0.1, 0.15) is 5.82 Å². The third-order valence-corrected chi connectivity index (χ3v) is 3.23. The Labute approximate surface area is 113 Å². The Balaban J connectivity index is 2.26. The molecule has 0 aromatic carbocycles. The SMILES string of the molecule is CCNc1nc(Cl)nc(Sc2nnc(C)n2C)n1. The molecule has 2 aromatic heterocycles. The zero-order valence-corrected chi connectivity index (χ0v) is 11.7. The summed E-state index contributed by atoms with van der Waals surface area (Å²) in [5, 5.41) is 12.3. The molecule has 0 fully saturated rings. The number of hydrogen-bond donors (Lipinski definition) is 1. The molecule has 9 heteroatoms. The molecule has 0 saturated heterocycles. The van der Waals surface area contributed by atoms with Crippen LogP contribution in [0.4, 0.5) is 5.95 Å². The number of nitrogens with zero attached hydrogens (tertiary/aromatic N) is 6. The van der Waals surface area contributed by atoms with Crippen LogP contribution >= 0.6 is 23.4 Å². The first-order valence-electron chi connectivity index (χ1n) is 5.29. The van der Waals surface area contributed by atoms with Crippen molar-refractivity contribution < 1.29 is 0 Å². The molecule has 2 rings (SSSR count). The van der Waals surface area contributed by atoms with Crippen LogP contribution in [0, 0.1) is 6.92 Å². The zero-order chi connectivity index (χ0) is 13.1. The number of anilines is 1. The van der Waals surface area contributed by atoms with Crippen LogP contribution in [0.25, 0.3) is 0 Å². The van der Waals surface area contributed by atoms with Crippen molar-refractivity contribution in [3.8, 4) is 0 Å². The first-order chi connectivity index (χ1) is 8.60. The lowest BCUT2D eigenvalue weighted by molar-refractivity contribution is 0.761. The highest BCUT2D eigenvalue weighted by Gasteiger charge is 2.11. The summed E-state index contributed by atoms with van der Waals surface area (Å²) >= 11 is 7.13. The second-order valence-electron chi connectivity index (χ2n) is 3.43. The van der Waals surface area contributed by atoms with Gasteiger partial charge in [-0.1, -0.05) is 0 Å². The Kier molecular flexibility index (Phi) is 3.97. The van der Waals surface area contributed by atoms with Crippen LogP contribution in [0.15, 0.2) is 10.3 Å². The van der Waals surface area contributed by atoms with Gasteiger partial charge in [0.2, 0.25) is 16.4 Å². The summed E-state index contributed by atoms with van der Waals surface area (Å²) in [6, 6.07) is 0. The van der Waals surface area contributed by atoms with E-state index in [4.69, 9.17) is 11.6 Å². The van der Waals surface area contributed by atoms with E-state index >= 15 is 0 Å². The molecule has 96 valence electrons. The number of rotatable bonds is 4. The topological polar surface area (TPSA) is 81.4 Å². The Morgan fingerprint density at radius 3 is 2.67 bits per heavy atom. The summed E-state index contributed by atoms with van der Waals surface area (Å²) in [6.07, 6.45) is 0. The van der Waals surface area contributed by atoms with Crippen LogP contribution in [0.1, 0.15) is 12.7 Å². The average Bonchev–Trinajstić information content (AvgIpc) is 2.61. The maximum Gasteiger partial charge on any atom is 0.228 e. The van der Waals surface area contributed by atoms with Crippen molar-refractivity contribution in [1.29, 1.82) is 0 Å². The minimum atomic E-state index is 0.155. The molecule has 2 aromatic rings. The largest absolute Gasteiger partial charge is 0.354 e. The van der Waals surface area contributed by atoms with Gasteiger partial charge in [-0.3, -0.25) is 0 Å². The molecular formula is C9H12ClN7S. The molecule has 0 aliphatic carbocycles. The maximum absolute atomic E-state index is 5.84. The minimum absolute atomic E-state index is 0.155. The van der Waals surface area contributed by atoms with Gasteiger partial charge in [-0.2, -0.15) is 15.0 Å². The molecule has 0 amide bonds. The van der Waals surface area contributed by atoms with Crippen LogP contribution in [-0.4, -0.2) is 36.3 Å². The van der Waals surface area contributed by atoms with Gasteiger partial charge >= 0.3 is 0 Å². The summed E-state index contributed by atoms with van der Waals surface area (Å²) in [5.41, 5.74) is 0. The van der Waals surface area contributed by atoms with Crippen molar-refractivity contribution in [3.05, 3.63) is 11.1 Å². The van der Waals surface area contributed by atoms with Crippen LogP contribution in [0.3, 0.4) is 0 Å². The fourth-order valence-corrected chi connectivity index (χ4v) is 2.16. The predicted molar refractivity (Wildman–Crippen MR) is 68.9 cm³/mol. The Morgan fingerprint density at radius 2 is 2.06 bits per heavy atom. The number of hydrogen-bond acceptors (Lipinski definition) is 7. The molecule has 0 saturated carbocycles. The van der Waals surface area contributed by atoms with Gasteiger partial charge in [-0.05, 0) is 37.2 Å². The Hall–Kier alpha value is -1.41. The van der Waals surface area contributed by atoms with E-state index in [9.17, 15) is 0 Å². The molecule has 0 radical (unpaired) electrons. The van der Waals surface area contributed by atoms with Crippen molar-refractivity contribution in [3.63, 3.8) is 0 Å². The number of aromatic nitrogens is 6. The van der Waals surface area contributed by atoms with Gasteiger partial charge in [0, 0.05) is 13.6 Å². The zero-order valence-electron chi connectivity index (χ0n) is 10.2. The predicted octanol–water partition coefficient (Wildman–Crippen LogP) is 1.54. The monoisotopic (exact) mass is 285 g/mol. The highest BCUT2D eigenvalue weighted by atomic mass is 35.5. The van der Waals surface area contributed by atoms with Crippen molar-refractivity contribution in [2.75, 3.05) is 11.9 Å². The molecule has 0 spiro atoms. The van der Waals surface area contributed by atoms with Crippen LogP contribution < -0.4 is 5.32 Å². The minimum Gasteiger partial charge on any atom is -0.354 e. The third kappa shape index (κ3) is 2.88. The Bertz CT molecular complexity index is 556. The number of aryl methyl sites for hydroxylation is 1. The Morgan fingerprint density at radius 1 is 1.28 bits per heavy atom. The average molecular weight is 286 g/mol. The van der Waals surface area contributed by atoms with E-state index < -0.39 is 0 Å². The van der Waals surface area contributed by atoms with Gasteiger partial charge in [-0.25, -0.2) is 0 Å². The standard InChI is InChI=1S/C9H12ClN7S/c1-4-11-7-12-6(10)13-8(14-7)18-9-16-15-5(2)17(9)3/h4H2,1-3H3,(H,11,12,13,14). The molecule has 1 N–H and O–H groups in total. The quantitative estimate of drug-likeness (QED) is 0.912. The summed E-state index contributed by atoms with van der Waals surface area (Å²) < 4.78 is 1.86. The van der Waals surface area contributed by atoms with Crippen LogP contribution in [0.5, 0.6) is 0 Å². The van der Waals surface area contributed by atoms with Crippen molar-refractivity contribution in [1.82, 2.24) is 29.7 Å². The number of halogens is 1. The summed E-state index contributed by atoms with van der Waals surface area (Å²) in [5.74, 6) is 1.28. The van der Waals surface area contributed by atoms with E-state index in [-0.39, 0.29) is 5.28 Å². The first kappa shape index (κ1) is 13.0. The van der Waals surface area contributed by atoms with E-state index in [1.165, 1.54) is 11.8 Å². The molecule has 0 aliphatic heterocycles. The van der Waals surface area contributed by atoms with E-state index in [2.05, 4.69) is 30.5 Å². The highest BCUT2D eigenvalue weighted by molar-refractivity contribution is 7.99. The van der Waals surface area contributed by atoms with Crippen molar-refractivity contribution in [2.45, 2.75) is 24.2 Å². The van der Waals surface area contributed by atoms with E-state index in [1.54, 1.807) is 0 Å². The molecule has 0 bridgehead atoms. The molecule has 0 aliphatic rings. The summed E-state index contributed by atoms with van der Waals surface area (Å²) in [4.78, 5) is 12.2. The van der Waals surface area contributed by atoms with Crippen LogP contribution in [-0.2, 0) is 7.05 Å². The molecule has 0 atom stereocenters. The van der Waals surface area contributed by atoms with Gasteiger partial charge in [0.15, 0.2) is 5.16 Å².